The van der Waals surface area contributed by atoms with Gasteiger partial charge in [0.25, 0.3) is 11.7 Å². The van der Waals surface area contributed by atoms with Gasteiger partial charge < -0.3 is 19.5 Å². The lowest BCUT2D eigenvalue weighted by molar-refractivity contribution is -0.141. The first-order valence-electron chi connectivity index (χ1n) is 11.3. The van der Waals surface area contributed by atoms with Gasteiger partial charge in [-0.15, -0.1) is 0 Å². The summed E-state index contributed by atoms with van der Waals surface area (Å²) >= 11 is 0. The summed E-state index contributed by atoms with van der Waals surface area (Å²) in [6.07, 6.45) is 5.58. The summed E-state index contributed by atoms with van der Waals surface area (Å²) in [5.41, 5.74) is 2.49. The summed E-state index contributed by atoms with van der Waals surface area (Å²) in [5.74, 6) is 0.231. The number of benzene rings is 2. The Morgan fingerprint density at radius 1 is 1.06 bits per heavy atom. The number of carbonyl (C=O) groups excluding carboxylic acids is 2. The highest BCUT2D eigenvalue weighted by molar-refractivity contribution is 6.46. The van der Waals surface area contributed by atoms with Crippen LogP contribution in [0.5, 0.6) is 11.5 Å². The molecule has 2 aromatic rings. The number of amides is 1. The van der Waals surface area contributed by atoms with Gasteiger partial charge in [-0.2, -0.15) is 0 Å². The second-order valence-corrected chi connectivity index (χ2v) is 8.69. The van der Waals surface area contributed by atoms with Crippen LogP contribution in [0.15, 0.2) is 48.0 Å². The molecule has 1 atom stereocenters. The van der Waals surface area contributed by atoms with Crippen molar-refractivity contribution in [2.45, 2.75) is 50.6 Å². The summed E-state index contributed by atoms with van der Waals surface area (Å²) in [5, 5.41) is 11.3. The van der Waals surface area contributed by atoms with E-state index in [0.717, 1.165) is 55.4 Å². The number of ether oxygens (including phenoxy) is 2. The maximum Gasteiger partial charge on any atom is 0.295 e. The van der Waals surface area contributed by atoms with Gasteiger partial charge in [-0.25, -0.2) is 0 Å². The molecule has 0 spiro atoms. The summed E-state index contributed by atoms with van der Waals surface area (Å²) < 4.78 is 11.0. The third-order valence-electron chi connectivity index (χ3n) is 6.81. The molecular weight excluding hydrogens is 406 g/mol. The monoisotopic (exact) mass is 433 g/mol. The lowest BCUT2D eigenvalue weighted by Gasteiger charge is -2.30. The Morgan fingerprint density at radius 2 is 1.81 bits per heavy atom. The number of aliphatic hydroxyl groups excluding tert-OH is 1. The van der Waals surface area contributed by atoms with E-state index >= 15 is 0 Å². The molecule has 166 valence electrons. The van der Waals surface area contributed by atoms with Crippen molar-refractivity contribution < 1.29 is 24.2 Å². The number of ketones is 1. The summed E-state index contributed by atoms with van der Waals surface area (Å²) in [7, 11) is 1.60. The molecule has 5 rings (SSSR count). The Morgan fingerprint density at radius 3 is 2.53 bits per heavy atom. The summed E-state index contributed by atoms with van der Waals surface area (Å²) in [6, 6.07) is 12.2. The van der Waals surface area contributed by atoms with Gasteiger partial charge in [0, 0.05) is 11.6 Å². The molecule has 1 saturated heterocycles. The molecule has 1 N–H and O–H groups in total. The Hall–Kier alpha value is -3.28. The van der Waals surface area contributed by atoms with Crippen LogP contribution in [-0.4, -0.2) is 41.5 Å². The van der Waals surface area contributed by atoms with Gasteiger partial charge in [0.1, 0.15) is 17.3 Å². The molecule has 0 bridgehead atoms. The number of aryl methyl sites for hydroxylation is 1. The molecule has 1 unspecified atom stereocenters. The van der Waals surface area contributed by atoms with Crippen molar-refractivity contribution in [3.05, 3.63) is 64.7 Å². The van der Waals surface area contributed by atoms with Crippen molar-refractivity contribution in [2.75, 3.05) is 13.7 Å². The fourth-order valence-corrected chi connectivity index (χ4v) is 5.19. The number of nitrogens with zero attached hydrogens (tertiary/aromatic N) is 1. The zero-order chi connectivity index (χ0) is 22.2. The number of hydrogen-bond acceptors (Lipinski definition) is 5. The van der Waals surface area contributed by atoms with Crippen LogP contribution in [0.2, 0.25) is 0 Å². The largest absolute Gasteiger partial charge is 0.507 e. The van der Waals surface area contributed by atoms with E-state index in [1.165, 1.54) is 0 Å². The van der Waals surface area contributed by atoms with Gasteiger partial charge in [-0.3, -0.25) is 9.59 Å². The highest BCUT2D eigenvalue weighted by atomic mass is 16.5. The number of methoxy groups -OCH3 is 1. The third kappa shape index (κ3) is 3.44. The van der Waals surface area contributed by atoms with Gasteiger partial charge in [0.2, 0.25) is 0 Å². The van der Waals surface area contributed by atoms with Gasteiger partial charge in [0.05, 0.1) is 25.3 Å². The molecule has 0 aromatic heterocycles. The Labute approximate surface area is 187 Å². The van der Waals surface area contributed by atoms with Crippen LogP contribution in [0.1, 0.15) is 54.8 Å². The molecular formula is C26H27NO5. The number of hydrogen-bond donors (Lipinski definition) is 1. The smallest absolute Gasteiger partial charge is 0.295 e. The van der Waals surface area contributed by atoms with Gasteiger partial charge in [-0.05, 0) is 67.1 Å². The minimum Gasteiger partial charge on any atom is -0.507 e. The first kappa shape index (κ1) is 20.6. The molecule has 1 saturated carbocycles. The Kier molecular flexibility index (Phi) is 5.37. The van der Waals surface area contributed by atoms with Crippen LogP contribution in [0.3, 0.4) is 0 Å². The topological polar surface area (TPSA) is 76.1 Å². The van der Waals surface area contributed by atoms with Crippen LogP contribution in [-0.2, 0) is 16.0 Å². The lowest BCUT2D eigenvalue weighted by Crippen LogP contribution is -2.37. The molecule has 0 radical (unpaired) electrons. The van der Waals surface area contributed by atoms with Crippen LogP contribution < -0.4 is 9.47 Å². The minimum atomic E-state index is -0.621. The third-order valence-corrected chi connectivity index (χ3v) is 6.81. The number of Topliss-reactive ketones (excluding diaryl/α,β-unsaturated/α-hetero) is 1. The number of rotatable bonds is 4. The van der Waals surface area contributed by atoms with Crippen molar-refractivity contribution in [2.24, 2.45) is 0 Å². The Balaban J connectivity index is 1.63. The molecule has 2 aromatic carbocycles. The van der Waals surface area contributed by atoms with Crippen LogP contribution in [0.25, 0.3) is 5.76 Å². The van der Waals surface area contributed by atoms with Gasteiger partial charge >= 0.3 is 0 Å². The standard InChI is InChI=1S/C26H27NO5/c1-31-20-11-8-16(9-12-20)23-22(25(29)26(30)27(23)19-6-2-3-7-19)24(28)18-10-13-21-17(15-18)5-4-14-32-21/h8-13,15,19,23,28H,2-7,14H2,1H3/b24-22-. The van der Waals surface area contributed by atoms with E-state index < -0.39 is 17.7 Å². The molecule has 2 fully saturated rings. The normalized spacial score (nSPS) is 22.7. The summed E-state index contributed by atoms with van der Waals surface area (Å²) in [4.78, 5) is 28.1. The molecule has 2 aliphatic heterocycles. The quantitative estimate of drug-likeness (QED) is 0.440. The fourth-order valence-electron chi connectivity index (χ4n) is 5.19. The SMILES string of the molecule is COc1ccc(C2/C(=C(/O)c3ccc4c(c3)CCCO4)C(=O)C(=O)N2C2CCCC2)cc1. The molecule has 2 heterocycles. The van der Waals surface area contributed by atoms with Gasteiger partial charge in [0.15, 0.2) is 0 Å². The lowest BCUT2D eigenvalue weighted by atomic mass is 9.93. The van der Waals surface area contributed by atoms with E-state index in [4.69, 9.17) is 9.47 Å². The molecule has 6 heteroatoms. The average molecular weight is 434 g/mol. The molecule has 1 aliphatic carbocycles. The van der Waals surface area contributed by atoms with Crippen LogP contribution in [0, 0.1) is 0 Å². The summed E-state index contributed by atoms with van der Waals surface area (Å²) in [6.45, 7) is 0.683. The van der Waals surface area contributed by atoms with Crippen molar-refractivity contribution in [3.8, 4) is 11.5 Å². The van der Waals surface area contributed by atoms with E-state index in [0.29, 0.717) is 17.9 Å². The molecule has 1 amide bonds. The highest BCUT2D eigenvalue weighted by Gasteiger charge is 2.49. The second kappa shape index (κ2) is 8.34. The van der Waals surface area contributed by atoms with E-state index in [1.807, 2.05) is 36.4 Å². The first-order valence-corrected chi connectivity index (χ1v) is 11.3. The van der Waals surface area contributed by atoms with E-state index in [1.54, 1.807) is 18.1 Å². The maximum atomic E-state index is 13.2. The van der Waals surface area contributed by atoms with E-state index in [9.17, 15) is 14.7 Å². The predicted octanol–water partition coefficient (Wildman–Crippen LogP) is 4.38. The number of likely N-dealkylation sites (tertiary alicyclic amines) is 1. The minimum absolute atomic E-state index is 0.000727. The fraction of sp³-hybridized carbons (Fsp3) is 0.385. The zero-order valence-corrected chi connectivity index (χ0v) is 18.2. The van der Waals surface area contributed by atoms with E-state index in [-0.39, 0.29) is 17.4 Å². The van der Waals surface area contributed by atoms with Crippen molar-refractivity contribution in [1.29, 1.82) is 0 Å². The average Bonchev–Trinajstić information content (AvgIpc) is 3.45. The van der Waals surface area contributed by atoms with E-state index in [2.05, 4.69) is 0 Å². The van der Waals surface area contributed by atoms with Crippen molar-refractivity contribution in [1.82, 2.24) is 4.90 Å². The molecule has 3 aliphatic rings. The van der Waals surface area contributed by atoms with Crippen LogP contribution in [0.4, 0.5) is 0 Å². The number of aliphatic hydroxyl groups is 1. The molecule has 32 heavy (non-hydrogen) atoms. The second-order valence-electron chi connectivity index (χ2n) is 8.69. The zero-order valence-electron chi connectivity index (χ0n) is 18.2. The molecule has 6 nitrogen and oxygen atoms in total. The predicted molar refractivity (Wildman–Crippen MR) is 120 cm³/mol. The first-order chi connectivity index (χ1) is 15.6. The number of carbonyl (C=O) groups is 2. The van der Waals surface area contributed by atoms with Crippen molar-refractivity contribution in [3.63, 3.8) is 0 Å². The van der Waals surface area contributed by atoms with Crippen LogP contribution >= 0.6 is 0 Å². The van der Waals surface area contributed by atoms with Crippen molar-refractivity contribution >= 4 is 17.4 Å². The maximum absolute atomic E-state index is 13.2. The van der Waals surface area contributed by atoms with Gasteiger partial charge in [-0.1, -0.05) is 25.0 Å². The number of fused-ring (bicyclic) bond motifs is 1. The Bertz CT molecular complexity index is 1080. The highest BCUT2D eigenvalue weighted by Crippen LogP contribution is 2.44.